The molecule has 92 valence electrons. The molecule has 3 aromatic rings. The summed E-state index contributed by atoms with van der Waals surface area (Å²) in [5.74, 6) is 0. The molecule has 0 unspecified atom stereocenters. The molecule has 0 aliphatic rings. The molecule has 0 spiro atoms. The third kappa shape index (κ3) is 1.65. The van der Waals surface area contributed by atoms with Gasteiger partial charge < -0.3 is 4.98 Å². The molecular formula is C14H10F3N. The maximum Gasteiger partial charge on any atom is 0.416 e. The van der Waals surface area contributed by atoms with Crippen LogP contribution in [0.25, 0.3) is 21.8 Å². The molecule has 1 N–H and O–H groups in total. The van der Waals surface area contributed by atoms with Gasteiger partial charge >= 0.3 is 6.18 Å². The third-order valence-corrected chi connectivity index (χ3v) is 3.08. The van der Waals surface area contributed by atoms with Crippen LogP contribution in [-0.4, -0.2) is 4.98 Å². The van der Waals surface area contributed by atoms with Crippen LogP contribution in [0.3, 0.4) is 0 Å². The molecule has 1 aromatic heterocycles. The number of H-pyrrole nitrogens is 1. The second-order valence-electron chi connectivity index (χ2n) is 4.43. The monoisotopic (exact) mass is 249 g/mol. The highest BCUT2D eigenvalue weighted by Gasteiger charge is 2.30. The van der Waals surface area contributed by atoms with Crippen molar-refractivity contribution in [1.29, 1.82) is 0 Å². The molecule has 0 aliphatic carbocycles. The Morgan fingerprint density at radius 1 is 0.889 bits per heavy atom. The molecule has 4 heteroatoms. The van der Waals surface area contributed by atoms with Gasteiger partial charge in [-0.25, -0.2) is 0 Å². The lowest BCUT2D eigenvalue weighted by Gasteiger charge is -2.05. The van der Waals surface area contributed by atoms with Gasteiger partial charge in [0, 0.05) is 21.8 Å². The molecule has 0 saturated heterocycles. The van der Waals surface area contributed by atoms with Gasteiger partial charge in [0.05, 0.1) is 5.56 Å². The predicted octanol–water partition coefficient (Wildman–Crippen LogP) is 4.65. The van der Waals surface area contributed by atoms with E-state index in [-0.39, 0.29) is 0 Å². The zero-order chi connectivity index (χ0) is 12.9. The predicted molar refractivity (Wildman–Crippen MR) is 65.5 cm³/mol. The van der Waals surface area contributed by atoms with Gasteiger partial charge in [0.2, 0.25) is 0 Å². The first-order chi connectivity index (χ1) is 8.45. The Kier molecular flexibility index (Phi) is 2.17. The molecule has 0 bridgehead atoms. The van der Waals surface area contributed by atoms with E-state index in [1.54, 1.807) is 0 Å². The first-order valence-electron chi connectivity index (χ1n) is 5.54. The summed E-state index contributed by atoms with van der Waals surface area (Å²) in [4.78, 5) is 3.02. The van der Waals surface area contributed by atoms with E-state index in [9.17, 15) is 13.2 Å². The Bertz CT molecular complexity index is 738. The number of alkyl halides is 3. The fourth-order valence-corrected chi connectivity index (χ4v) is 2.19. The molecule has 18 heavy (non-hydrogen) atoms. The quantitative estimate of drug-likeness (QED) is 0.597. The maximum atomic E-state index is 12.6. The van der Waals surface area contributed by atoms with E-state index in [2.05, 4.69) is 4.98 Å². The highest BCUT2D eigenvalue weighted by Crippen LogP contribution is 2.33. The summed E-state index contributed by atoms with van der Waals surface area (Å²) in [5, 5.41) is 1.78. The minimum atomic E-state index is -4.30. The van der Waals surface area contributed by atoms with Crippen molar-refractivity contribution < 1.29 is 13.2 Å². The Balaban J connectivity index is 2.34. The van der Waals surface area contributed by atoms with Gasteiger partial charge in [-0.2, -0.15) is 13.2 Å². The zero-order valence-electron chi connectivity index (χ0n) is 9.60. The van der Waals surface area contributed by atoms with Crippen LogP contribution in [0.1, 0.15) is 11.1 Å². The van der Waals surface area contributed by atoms with Gasteiger partial charge in [-0.15, -0.1) is 0 Å². The van der Waals surface area contributed by atoms with Crippen LogP contribution < -0.4 is 0 Å². The minimum absolute atomic E-state index is 0.519. The number of hydrogen-bond acceptors (Lipinski definition) is 0. The van der Waals surface area contributed by atoms with Crippen LogP contribution in [0.15, 0.2) is 36.4 Å². The SMILES string of the molecule is Cc1ccc2[nH]c3cc(C(F)(F)F)ccc3c2c1. The summed E-state index contributed by atoms with van der Waals surface area (Å²) in [6.45, 7) is 1.96. The van der Waals surface area contributed by atoms with Crippen LogP contribution in [0.4, 0.5) is 13.2 Å². The first-order valence-corrected chi connectivity index (χ1v) is 5.54. The summed E-state index contributed by atoms with van der Waals surface area (Å²) in [6, 6.07) is 9.60. The number of fused-ring (bicyclic) bond motifs is 3. The van der Waals surface area contributed by atoms with Crippen molar-refractivity contribution >= 4 is 21.8 Å². The largest absolute Gasteiger partial charge is 0.416 e. The van der Waals surface area contributed by atoms with Gasteiger partial charge in [0.1, 0.15) is 0 Å². The average Bonchev–Trinajstić information content (AvgIpc) is 2.65. The Morgan fingerprint density at radius 2 is 1.67 bits per heavy atom. The fraction of sp³-hybridized carbons (Fsp3) is 0.143. The lowest BCUT2D eigenvalue weighted by molar-refractivity contribution is -0.137. The summed E-state index contributed by atoms with van der Waals surface area (Å²) in [7, 11) is 0. The summed E-state index contributed by atoms with van der Waals surface area (Å²) >= 11 is 0. The molecule has 0 saturated carbocycles. The van der Waals surface area contributed by atoms with Gasteiger partial charge in [-0.1, -0.05) is 17.7 Å². The van der Waals surface area contributed by atoms with E-state index >= 15 is 0 Å². The van der Waals surface area contributed by atoms with Gasteiger partial charge in [-0.05, 0) is 31.2 Å². The van der Waals surface area contributed by atoms with E-state index in [0.29, 0.717) is 5.52 Å². The fourth-order valence-electron chi connectivity index (χ4n) is 2.19. The van der Waals surface area contributed by atoms with E-state index in [0.717, 1.165) is 34.0 Å². The second kappa shape index (κ2) is 3.51. The summed E-state index contributed by atoms with van der Waals surface area (Å²) in [6.07, 6.45) is -4.30. The number of hydrogen-bond donors (Lipinski definition) is 1. The highest BCUT2D eigenvalue weighted by molar-refractivity contribution is 6.07. The van der Waals surface area contributed by atoms with E-state index in [1.807, 2.05) is 25.1 Å². The summed E-state index contributed by atoms with van der Waals surface area (Å²) in [5.41, 5.74) is 1.84. The van der Waals surface area contributed by atoms with Crippen molar-refractivity contribution in [2.75, 3.05) is 0 Å². The van der Waals surface area contributed by atoms with Crippen molar-refractivity contribution in [3.05, 3.63) is 47.5 Å². The summed E-state index contributed by atoms with van der Waals surface area (Å²) < 4.78 is 37.9. The number of aryl methyl sites for hydroxylation is 1. The van der Waals surface area contributed by atoms with Crippen LogP contribution in [0, 0.1) is 6.92 Å². The van der Waals surface area contributed by atoms with Crippen LogP contribution in [-0.2, 0) is 6.18 Å². The van der Waals surface area contributed by atoms with Crippen molar-refractivity contribution in [3.8, 4) is 0 Å². The first kappa shape index (κ1) is 11.1. The van der Waals surface area contributed by atoms with Crippen LogP contribution in [0.2, 0.25) is 0 Å². The van der Waals surface area contributed by atoms with Crippen LogP contribution in [0.5, 0.6) is 0 Å². The molecule has 1 heterocycles. The van der Waals surface area contributed by atoms with Crippen molar-refractivity contribution in [3.63, 3.8) is 0 Å². The van der Waals surface area contributed by atoms with Gasteiger partial charge in [0.15, 0.2) is 0 Å². The number of aromatic nitrogens is 1. The molecule has 2 aromatic carbocycles. The molecular weight excluding hydrogens is 239 g/mol. The average molecular weight is 249 g/mol. The van der Waals surface area contributed by atoms with Crippen molar-refractivity contribution in [2.24, 2.45) is 0 Å². The Morgan fingerprint density at radius 3 is 2.39 bits per heavy atom. The van der Waals surface area contributed by atoms with Crippen molar-refractivity contribution in [1.82, 2.24) is 4.98 Å². The normalized spacial score (nSPS) is 12.4. The maximum absolute atomic E-state index is 12.6. The number of aromatic amines is 1. The molecule has 0 aliphatic heterocycles. The number of nitrogens with one attached hydrogen (secondary N) is 1. The van der Waals surface area contributed by atoms with Crippen LogP contribution >= 0.6 is 0 Å². The topological polar surface area (TPSA) is 15.8 Å². The molecule has 0 radical (unpaired) electrons. The number of halogens is 3. The minimum Gasteiger partial charge on any atom is -0.354 e. The molecule has 0 amide bonds. The number of rotatable bonds is 0. The Labute approximate surface area is 101 Å². The molecule has 0 fully saturated rings. The van der Waals surface area contributed by atoms with E-state index < -0.39 is 11.7 Å². The third-order valence-electron chi connectivity index (χ3n) is 3.08. The smallest absolute Gasteiger partial charge is 0.354 e. The lowest BCUT2D eigenvalue weighted by atomic mass is 10.1. The molecule has 1 nitrogen and oxygen atoms in total. The van der Waals surface area contributed by atoms with Gasteiger partial charge in [-0.3, -0.25) is 0 Å². The number of benzene rings is 2. The zero-order valence-corrected chi connectivity index (χ0v) is 9.60. The van der Waals surface area contributed by atoms with E-state index in [1.165, 1.54) is 6.07 Å². The standard InChI is InChI=1S/C14H10F3N/c1-8-2-5-12-11(6-8)10-4-3-9(14(15,16)17)7-13(10)18-12/h2-7,18H,1H3. The lowest BCUT2D eigenvalue weighted by Crippen LogP contribution is -2.03. The highest BCUT2D eigenvalue weighted by atomic mass is 19.4. The second-order valence-corrected chi connectivity index (χ2v) is 4.43. The van der Waals surface area contributed by atoms with Crippen molar-refractivity contribution in [2.45, 2.75) is 13.1 Å². The Hall–Kier alpha value is -1.97. The van der Waals surface area contributed by atoms with Gasteiger partial charge in [0.25, 0.3) is 0 Å². The van der Waals surface area contributed by atoms with E-state index in [4.69, 9.17) is 0 Å². The molecule has 0 atom stereocenters. The molecule has 3 rings (SSSR count).